The summed E-state index contributed by atoms with van der Waals surface area (Å²) >= 11 is 0. The van der Waals surface area contributed by atoms with Gasteiger partial charge in [0.1, 0.15) is 5.75 Å². The molecule has 3 heteroatoms. The van der Waals surface area contributed by atoms with Crippen molar-refractivity contribution in [2.45, 2.75) is 19.5 Å². The predicted octanol–water partition coefficient (Wildman–Crippen LogP) is 2.60. The largest absolute Gasteiger partial charge is 0.497 e. The van der Waals surface area contributed by atoms with E-state index in [4.69, 9.17) is 6.11 Å². The van der Waals surface area contributed by atoms with Crippen molar-refractivity contribution in [1.29, 1.82) is 0 Å². The van der Waals surface area contributed by atoms with E-state index < -0.39 is 6.02 Å². The summed E-state index contributed by atoms with van der Waals surface area (Å²) in [7, 11) is 5.54. The van der Waals surface area contributed by atoms with Crippen LogP contribution in [0.4, 0.5) is 0 Å². The van der Waals surface area contributed by atoms with Crippen molar-refractivity contribution in [3.8, 4) is 5.75 Å². The SMILES string of the molecule is [2H][C@@](C)(Cn1ccc2cc(OC)ccc21)N(C)C. The third-order valence-corrected chi connectivity index (χ3v) is 3.14. The minimum absolute atomic E-state index is 0.619. The van der Waals surface area contributed by atoms with E-state index >= 15 is 0 Å². The fourth-order valence-electron chi connectivity index (χ4n) is 1.83. The van der Waals surface area contributed by atoms with Gasteiger partial charge in [0.05, 0.1) is 7.11 Å². The monoisotopic (exact) mass is 233 g/mol. The average molecular weight is 233 g/mol. The zero-order valence-electron chi connectivity index (χ0n) is 11.9. The normalized spacial score (nSPS) is 15.9. The maximum atomic E-state index is 8.29. The first-order valence-electron chi connectivity index (χ1n) is 6.24. The number of rotatable bonds is 4. The van der Waals surface area contributed by atoms with Crippen molar-refractivity contribution >= 4 is 10.9 Å². The van der Waals surface area contributed by atoms with Crippen molar-refractivity contribution < 1.29 is 6.11 Å². The number of likely N-dealkylation sites (N-methyl/N-ethyl adjacent to an activating group) is 1. The van der Waals surface area contributed by atoms with Crippen molar-refractivity contribution in [3.05, 3.63) is 30.5 Å². The summed E-state index contributed by atoms with van der Waals surface area (Å²) in [5.74, 6) is 0.862. The third kappa shape index (κ3) is 2.44. The van der Waals surface area contributed by atoms with Gasteiger partial charge in [-0.15, -0.1) is 0 Å². The Bertz CT molecular complexity index is 546. The molecular formula is C14H20N2O. The van der Waals surface area contributed by atoms with Gasteiger partial charge in [-0.25, -0.2) is 0 Å². The molecule has 0 aliphatic carbocycles. The van der Waals surface area contributed by atoms with E-state index in [1.165, 1.54) is 0 Å². The molecule has 17 heavy (non-hydrogen) atoms. The summed E-state index contributed by atoms with van der Waals surface area (Å²) in [6, 6.07) is 7.45. The minimum atomic E-state index is -0.619. The van der Waals surface area contributed by atoms with Crippen LogP contribution in [0, 0.1) is 0 Å². The second kappa shape index (κ2) is 4.80. The number of nitrogens with zero attached hydrogens (tertiary/aromatic N) is 2. The molecule has 0 saturated heterocycles. The standard InChI is InChI=1S/C14H20N2O/c1-11(15(2)3)10-16-8-7-12-9-13(17-4)5-6-14(12)16/h5-9,11H,10H2,1-4H3/t11-/m1/s1/i11D. The third-order valence-electron chi connectivity index (χ3n) is 3.14. The second-order valence-electron chi connectivity index (χ2n) is 4.50. The van der Waals surface area contributed by atoms with Crippen LogP contribution in [-0.4, -0.2) is 36.7 Å². The van der Waals surface area contributed by atoms with Gasteiger partial charge in [-0.3, -0.25) is 0 Å². The van der Waals surface area contributed by atoms with Gasteiger partial charge in [0.2, 0.25) is 0 Å². The predicted molar refractivity (Wildman–Crippen MR) is 71.6 cm³/mol. The van der Waals surface area contributed by atoms with Gasteiger partial charge < -0.3 is 14.2 Å². The topological polar surface area (TPSA) is 17.4 Å². The first-order valence-corrected chi connectivity index (χ1v) is 5.74. The molecule has 0 fully saturated rings. The molecule has 0 unspecified atom stereocenters. The summed E-state index contributed by atoms with van der Waals surface area (Å²) in [6.45, 7) is 2.55. The lowest BCUT2D eigenvalue weighted by molar-refractivity contribution is 0.286. The Balaban J connectivity index is 2.35. The van der Waals surface area contributed by atoms with Crippen LogP contribution in [0.1, 0.15) is 8.29 Å². The van der Waals surface area contributed by atoms with Gasteiger partial charge in [-0.05, 0) is 45.3 Å². The molecule has 1 atom stereocenters. The van der Waals surface area contributed by atoms with Crippen LogP contribution >= 0.6 is 0 Å². The van der Waals surface area contributed by atoms with E-state index in [0.717, 1.165) is 16.7 Å². The highest BCUT2D eigenvalue weighted by Gasteiger charge is 2.08. The number of methoxy groups -OCH3 is 1. The lowest BCUT2D eigenvalue weighted by Gasteiger charge is -2.20. The number of fused-ring (bicyclic) bond motifs is 1. The molecule has 3 nitrogen and oxygen atoms in total. The van der Waals surface area contributed by atoms with Crippen molar-refractivity contribution in [2.75, 3.05) is 21.2 Å². The number of aromatic nitrogens is 1. The van der Waals surface area contributed by atoms with E-state index in [9.17, 15) is 0 Å². The molecule has 0 aliphatic rings. The smallest absolute Gasteiger partial charge is 0.119 e. The van der Waals surface area contributed by atoms with Gasteiger partial charge in [-0.2, -0.15) is 0 Å². The fourth-order valence-corrected chi connectivity index (χ4v) is 1.83. The Morgan fingerprint density at radius 1 is 1.41 bits per heavy atom. The average Bonchev–Trinajstić information content (AvgIpc) is 2.71. The van der Waals surface area contributed by atoms with Crippen LogP contribution in [0.2, 0.25) is 0 Å². The Morgan fingerprint density at radius 2 is 2.18 bits per heavy atom. The molecule has 0 spiro atoms. The van der Waals surface area contributed by atoms with Crippen molar-refractivity contribution in [1.82, 2.24) is 9.47 Å². The second-order valence-corrected chi connectivity index (χ2v) is 4.50. The van der Waals surface area contributed by atoms with Gasteiger partial charge in [0.15, 0.2) is 0 Å². The lowest BCUT2D eigenvalue weighted by atomic mass is 10.2. The molecule has 0 amide bonds. The molecule has 1 heterocycles. The first kappa shape index (κ1) is 10.7. The summed E-state index contributed by atoms with van der Waals surface area (Å²) < 4.78 is 15.6. The molecular weight excluding hydrogens is 212 g/mol. The first-order chi connectivity index (χ1) is 8.44. The Labute approximate surface area is 104 Å². The number of benzene rings is 1. The van der Waals surface area contributed by atoms with Crippen LogP contribution in [0.15, 0.2) is 30.5 Å². The quantitative estimate of drug-likeness (QED) is 0.807. The van der Waals surface area contributed by atoms with Crippen LogP contribution < -0.4 is 4.74 Å². The lowest BCUT2D eigenvalue weighted by Crippen LogP contribution is -2.28. The Kier molecular flexibility index (Phi) is 3.01. The van der Waals surface area contributed by atoms with Crippen LogP contribution in [0.25, 0.3) is 10.9 Å². The molecule has 1 aromatic heterocycles. The molecule has 2 rings (SSSR count). The molecule has 0 saturated carbocycles. The van der Waals surface area contributed by atoms with E-state index in [0.29, 0.717) is 6.54 Å². The number of hydrogen-bond donors (Lipinski definition) is 0. The molecule has 1 aromatic carbocycles. The molecule has 0 radical (unpaired) electrons. The minimum Gasteiger partial charge on any atom is -0.497 e. The van der Waals surface area contributed by atoms with Crippen molar-refractivity contribution in [3.63, 3.8) is 0 Å². The zero-order valence-corrected chi connectivity index (χ0v) is 10.9. The van der Waals surface area contributed by atoms with Gasteiger partial charge in [-0.1, -0.05) is 0 Å². The zero-order chi connectivity index (χ0) is 13.3. The van der Waals surface area contributed by atoms with Gasteiger partial charge >= 0.3 is 0 Å². The van der Waals surface area contributed by atoms with Crippen LogP contribution in [0.3, 0.4) is 0 Å². The Hall–Kier alpha value is -1.48. The van der Waals surface area contributed by atoms with E-state index in [2.05, 4.69) is 10.6 Å². The van der Waals surface area contributed by atoms with E-state index in [1.54, 1.807) is 7.11 Å². The number of hydrogen-bond acceptors (Lipinski definition) is 2. The van der Waals surface area contributed by atoms with E-state index in [1.807, 2.05) is 50.3 Å². The van der Waals surface area contributed by atoms with Gasteiger partial charge in [0.25, 0.3) is 0 Å². The molecule has 92 valence electrons. The summed E-state index contributed by atoms with van der Waals surface area (Å²) in [5, 5.41) is 1.14. The highest BCUT2D eigenvalue weighted by Crippen LogP contribution is 2.22. The molecule has 2 aromatic rings. The molecule has 0 bridgehead atoms. The maximum absolute atomic E-state index is 8.29. The van der Waals surface area contributed by atoms with Crippen molar-refractivity contribution in [2.24, 2.45) is 0 Å². The van der Waals surface area contributed by atoms with Crippen LogP contribution in [-0.2, 0) is 6.54 Å². The summed E-state index contributed by atoms with van der Waals surface area (Å²) in [4.78, 5) is 1.92. The Morgan fingerprint density at radius 3 is 2.82 bits per heavy atom. The summed E-state index contributed by atoms with van der Waals surface area (Å²) in [5.41, 5.74) is 1.14. The fraction of sp³-hybridized carbons (Fsp3) is 0.429. The van der Waals surface area contributed by atoms with Gasteiger partial charge in [0, 0.05) is 31.0 Å². The highest BCUT2D eigenvalue weighted by atomic mass is 16.5. The van der Waals surface area contributed by atoms with E-state index in [-0.39, 0.29) is 0 Å². The number of ether oxygens (including phenoxy) is 1. The molecule has 0 N–H and O–H groups in total. The highest BCUT2D eigenvalue weighted by molar-refractivity contribution is 5.81. The molecule has 0 aliphatic heterocycles. The summed E-state index contributed by atoms with van der Waals surface area (Å²) in [6.07, 6.45) is 2.03. The maximum Gasteiger partial charge on any atom is 0.119 e. The van der Waals surface area contributed by atoms with Crippen LogP contribution in [0.5, 0.6) is 5.75 Å².